The van der Waals surface area contributed by atoms with Crippen molar-refractivity contribution in [2.75, 3.05) is 13.1 Å². The molecular formula is C19H31N3O2. The number of aryl methyl sites for hydroxylation is 1. The Kier molecular flexibility index (Phi) is 6.46. The molecule has 0 unspecified atom stereocenters. The molecule has 2 rings (SSSR count). The van der Waals surface area contributed by atoms with Gasteiger partial charge < -0.3 is 14.4 Å². The molecule has 0 saturated heterocycles. The van der Waals surface area contributed by atoms with Crippen LogP contribution in [-0.4, -0.2) is 45.3 Å². The molecule has 2 amide bonds. The number of carbonyl (C=O) groups is 2. The first-order valence-electron chi connectivity index (χ1n) is 9.09. The summed E-state index contributed by atoms with van der Waals surface area (Å²) >= 11 is 0. The van der Waals surface area contributed by atoms with E-state index in [9.17, 15) is 9.59 Å². The van der Waals surface area contributed by atoms with E-state index in [1.54, 1.807) is 4.90 Å². The topological polar surface area (TPSA) is 45.6 Å². The summed E-state index contributed by atoms with van der Waals surface area (Å²) in [6.07, 6.45) is 5.48. The van der Waals surface area contributed by atoms with Gasteiger partial charge in [0.1, 0.15) is 0 Å². The summed E-state index contributed by atoms with van der Waals surface area (Å²) in [5, 5.41) is 0. The molecule has 1 aromatic rings. The minimum Gasteiger partial charge on any atom is -0.353 e. The van der Waals surface area contributed by atoms with Gasteiger partial charge in [-0.05, 0) is 37.3 Å². The monoisotopic (exact) mass is 333 g/mol. The number of nitrogens with zero attached hydrogens (tertiary/aromatic N) is 3. The predicted molar refractivity (Wildman–Crippen MR) is 95.3 cm³/mol. The first kappa shape index (κ1) is 18.6. The molecule has 1 aromatic heterocycles. The SMILES string of the molecule is CCCC(=O)N(CC(=O)N(Cc1cccn1C)C1CC1)CC(C)C. The Hall–Kier alpha value is -1.78. The maximum Gasteiger partial charge on any atom is 0.242 e. The Morgan fingerprint density at radius 1 is 1.29 bits per heavy atom. The van der Waals surface area contributed by atoms with Crippen LogP contribution in [0.5, 0.6) is 0 Å². The number of amides is 2. The van der Waals surface area contributed by atoms with Crippen LogP contribution in [0.4, 0.5) is 0 Å². The Labute approximate surface area is 145 Å². The van der Waals surface area contributed by atoms with Gasteiger partial charge in [0.25, 0.3) is 0 Å². The van der Waals surface area contributed by atoms with Crippen molar-refractivity contribution in [3.8, 4) is 0 Å². The van der Waals surface area contributed by atoms with E-state index in [4.69, 9.17) is 0 Å². The molecule has 0 radical (unpaired) electrons. The van der Waals surface area contributed by atoms with Gasteiger partial charge in [0, 0.05) is 37.9 Å². The molecule has 1 aliphatic rings. The van der Waals surface area contributed by atoms with Crippen LogP contribution in [0.25, 0.3) is 0 Å². The number of carbonyl (C=O) groups excluding carboxylic acids is 2. The van der Waals surface area contributed by atoms with E-state index >= 15 is 0 Å². The van der Waals surface area contributed by atoms with Crippen molar-refractivity contribution in [2.45, 2.75) is 59.0 Å². The maximum atomic E-state index is 12.9. The number of hydrogen-bond donors (Lipinski definition) is 0. The van der Waals surface area contributed by atoms with Crippen molar-refractivity contribution in [1.82, 2.24) is 14.4 Å². The summed E-state index contributed by atoms with van der Waals surface area (Å²) < 4.78 is 2.05. The minimum atomic E-state index is 0.0730. The average Bonchev–Trinajstić information content (AvgIpc) is 3.27. The van der Waals surface area contributed by atoms with Gasteiger partial charge in [-0.2, -0.15) is 0 Å². The van der Waals surface area contributed by atoms with Gasteiger partial charge in [0.05, 0.1) is 13.1 Å². The summed E-state index contributed by atoms with van der Waals surface area (Å²) in [6.45, 7) is 7.65. The summed E-state index contributed by atoms with van der Waals surface area (Å²) in [5.74, 6) is 0.527. The Morgan fingerprint density at radius 2 is 2.00 bits per heavy atom. The van der Waals surface area contributed by atoms with E-state index in [1.165, 1.54) is 0 Å². The van der Waals surface area contributed by atoms with Crippen LogP contribution >= 0.6 is 0 Å². The normalized spacial score (nSPS) is 14.0. The molecule has 24 heavy (non-hydrogen) atoms. The van der Waals surface area contributed by atoms with Gasteiger partial charge in [0.2, 0.25) is 11.8 Å². The average molecular weight is 333 g/mol. The lowest BCUT2D eigenvalue weighted by atomic mass is 10.2. The lowest BCUT2D eigenvalue weighted by Crippen LogP contribution is -2.44. The second kappa shape index (κ2) is 8.36. The van der Waals surface area contributed by atoms with E-state index in [2.05, 4.69) is 24.5 Å². The first-order valence-corrected chi connectivity index (χ1v) is 9.09. The van der Waals surface area contributed by atoms with Crippen molar-refractivity contribution in [2.24, 2.45) is 13.0 Å². The van der Waals surface area contributed by atoms with Gasteiger partial charge in [0.15, 0.2) is 0 Å². The highest BCUT2D eigenvalue weighted by atomic mass is 16.2. The van der Waals surface area contributed by atoms with Gasteiger partial charge in [-0.25, -0.2) is 0 Å². The lowest BCUT2D eigenvalue weighted by Gasteiger charge is -2.29. The Balaban J connectivity index is 2.04. The van der Waals surface area contributed by atoms with E-state index in [0.29, 0.717) is 31.5 Å². The lowest BCUT2D eigenvalue weighted by molar-refractivity contribution is -0.141. The third kappa shape index (κ3) is 5.11. The van der Waals surface area contributed by atoms with Crippen molar-refractivity contribution in [3.05, 3.63) is 24.0 Å². The van der Waals surface area contributed by atoms with Crippen LogP contribution in [0.2, 0.25) is 0 Å². The van der Waals surface area contributed by atoms with Crippen molar-refractivity contribution < 1.29 is 9.59 Å². The second-order valence-electron chi connectivity index (χ2n) is 7.28. The quantitative estimate of drug-likeness (QED) is 0.697. The smallest absolute Gasteiger partial charge is 0.242 e. The molecule has 0 bridgehead atoms. The highest BCUT2D eigenvalue weighted by Crippen LogP contribution is 2.28. The molecule has 1 aliphatic carbocycles. The maximum absolute atomic E-state index is 12.9. The van der Waals surface area contributed by atoms with E-state index in [-0.39, 0.29) is 18.4 Å². The van der Waals surface area contributed by atoms with Crippen molar-refractivity contribution in [3.63, 3.8) is 0 Å². The number of hydrogen-bond acceptors (Lipinski definition) is 2. The molecule has 1 heterocycles. The molecule has 0 atom stereocenters. The molecule has 1 saturated carbocycles. The summed E-state index contributed by atoms with van der Waals surface area (Å²) in [5.41, 5.74) is 1.13. The minimum absolute atomic E-state index is 0.0730. The molecule has 0 aromatic carbocycles. The van der Waals surface area contributed by atoms with Crippen LogP contribution in [0.1, 0.15) is 52.1 Å². The molecule has 0 aliphatic heterocycles. The standard InChI is InChI=1S/C19H31N3O2/c1-5-7-18(23)21(12-15(2)3)14-19(24)22(16-9-10-16)13-17-8-6-11-20(17)4/h6,8,11,15-16H,5,7,9-10,12-14H2,1-4H3. The highest BCUT2D eigenvalue weighted by molar-refractivity contribution is 5.85. The number of aromatic nitrogens is 1. The molecular weight excluding hydrogens is 302 g/mol. The van der Waals surface area contributed by atoms with Gasteiger partial charge in [-0.15, -0.1) is 0 Å². The van der Waals surface area contributed by atoms with E-state index in [1.807, 2.05) is 31.1 Å². The predicted octanol–water partition coefficient (Wildman–Crippen LogP) is 2.80. The number of rotatable bonds is 9. The third-order valence-corrected chi connectivity index (χ3v) is 4.42. The fraction of sp³-hybridized carbons (Fsp3) is 0.684. The largest absolute Gasteiger partial charge is 0.353 e. The van der Waals surface area contributed by atoms with Crippen molar-refractivity contribution >= 4 is 11.8 Å². The molecule has 1 fully saturated rings. The fourth-order valence-corrected chi connectivity index (χ4v) is 2.96. The van der Waals surface area contributed by atoms with Gasteiger partial charge in [-0.3, -0.25) is 9.59 Å². The van der Waals surface area contributed by atoms with Crippen LogP contribution in [0.3, 0.4) is 0 Å². The van der Waals surface area contributed by atoms with Crippen molar-refractivity contribution in [1.29, 1.82) is 0 Å². The zero-order valence-corrected chi connectivity index (χ0v) is 15.5. The van der Waals surface area contributed by atoms with Gasteiger partial charge in [-0.1, -0.05) is 20.8 Å². The zero-order chi connectivity index (χ0) is 17.7. The molecule has 5 heteroatoms. The van der Waals surface area contributed by atoms with Crippen LogP contribution < -0.4 is 0 Å². The van der Waals surface area contributed by atoms with E-state index in [0.717, 1.165) is 25.0 Å². The second-order valence-corrected chi connectivity index (χ2v) is 7.28. The molecule has 0 N–H and O–H groups in total. The van der Waals surface area contributed by atoms with Crippen LogP contribution in [0.15, 0.2) is 18.3 Å². The Morgan fingerprint density at radius 3 is 2.50 bits per heavy atom. The van der Waals surface area contributed by atoms with Crippen LogP contribution in [-0.2, 0) is 23.2 Å². The molecule has 0 spiro atoms. The Bertz CT molecular complexity index is 561. The zero-order valence-electron chi connectivity index (χ0n) is 15.5. The molecule has 134 valence electrons. The fourth-order valence-electron chi connectivity index (χ4n) is 2.96. The van der Waals surface area contributed by atoms with E-state index < -0.39 is 0 Å². The molecule has 5 nitrogen and oxygen atoms in total. The summed E-state index contributed by atoms with van der Waals surface area (Å²) in [4.78, 5) is 28.9. The highest BCUT2D eigenvalue weighted by Gasteiger charge is 2.34. The van der Waals surface area contributed by atoms with Gasteiger partial charge >= 0.3 is 0 Å². The van der Waals surface area contributed by atoms with Crippen LogP contribution in [0, 0.1) is 5.92 Å². The summed E-state index contributed by atoms with van der Waals surface area (Å²) in [6, 6.07) is 4.40. The third-order valence-electron chi connectivity index (χ3n) is 4.42. The first-order chi connectivity index (χ1) is 11.4. The summed E-state index contributed by atoms with van der Waals surface area (Å²) in [7, 11) is 2.00.